The zero-order valence-electron chi connectivity index (χ0n) is 10.8. The first-order chi connectivity index (χ1) is 10.1. The first-order valence-electron chi connectivity index (χ1n) is 5.96. The zero-order chi connectivity index (χ0) is 15.0. The van der Waals surface area contributed by atoms with Crippen molar-refractivity contribution in [2.75, 3.05) is 0 Å². The molecule has 2 heterocycles. The number of benzene rings is 1. The van der Waals surface area contributed by atoms with E-state index in [2.05, 4.69) is 9.97 Å². The average molecular weight is 304 g/mol. The normalized spacial score (nSPS) is 10.8. The number of carbonyl (C=O) groups is 1. The lowest BCUT2D eigenvalue weighted by Crippen LogP contribution is -2.00. The van der Waals surface area contributed by atoms with Crippen molar-refractivity contribution in [2.24, 2.45) is 0 Å². The van der Waals surface area contributed by atoms with E-state index in [0.717, 1.165) is 27.9 Å². The molecule has 0 atom stereocenters. The maximum Gasteiger partial charge on any atom is 0.338 e. The summed E-state index contributed by atoms with van der Waals surface area (Å²) < 4.78 is 19.9. The quantitative estimate of drug-likeness (QED) is 0.800. The number of aromatic carboxylic acids is 1. The molecule has 21 heavy (non-hydrogen) atoms. The third-order valence-corrected chi connectivity index (χ3v) is 3.96. The zero-order valence-corrected chi connectivity index (χ0v) is 11.6. The molecule has 0 aliphatic carbocycles. The van der Waals surface area contributed by atoms with Crippen LogP contribution in [-0.4, -0.2) is 21.0 Å². The summed E-state index contributed by atoms with van der Waals surface area (Å²) in [6, 6.07) is 3.57. The Kier molecular flexibility index (Phi) is 3.26. The summed E-state index contributed by atoms with van der Waals surface area (Å²) in [5.74, 6) is -1.67. The van der Waals surface area contributed by atoms with Crippen molar-refractivity contribution in [3.8, 4) is 11.6 Å². The highest BCUT2D eigenvalue weighted by Gasteiger charge is 2.14. The van der Waals surface area contributed by atoms with Crippen molar-refractivity contribution in [1.82, 2.24) is 9.97 Å². The van der Waals surface area contributed by atoms with Crippen molar-refractivity contribution in [2.45, 2.75) is 6.92 Å². The van der Waals surface area contributed by atoms with Gasteiger partial charge in [-0.3, -0.25) is 0 Å². The molecule has 0 saturated heterocycles. The molecule has 3 rings (SSSR count). The minimum Gasteiger partial charge on any atom is -0.478 e. The van der Waals surface area contributed by atoms with E-state index in [9.17, 15) is 9.18 Å². The van der Waals surface area contributed by atoms with Crippen LogP contribution in [0.2, 0.25) is 0 Å². The number of carboxylic acids is 1. The predicted octanol–water partition coefficient (Wildman–Crippen LogP) is 3.63. The van der Waals surface area contributed by atoms with Crippen LogP contribution in [0.15, 0.2) is 29.9 Å². The number of halogens is 1. The molecule has 0 amide bonds. The molecule has 1 N–H and O–H groups in total. The second kappa shape index (κ2) is 5.10. The van der Waals surface area contributed by atoms with Crippen LogP contribution in [0.3, 0.4) is 0 Å². The fourth-order valence-corrected chi connectivity index (χ4v) is 2.79. The number of aryl methyl sites for hydroxylation is 1. The van der Waals surface area contributed by atoms with E-state index in [-0.39, 0.29) is 5.75 Å². The summed E-state index contributed by atoms with van der Waals surface area (Å²) in [4.78, 5) is 19.0. The number of rotatable bonds is 3. The Morgan fingerprint density at radius 3 is 2.90 bits per heavy atom. The van der Waals surface area contributed by atoms with Gasteiger partial charge in [-0.25, -0.2) is 19.2 Å². The monoisotopic (exact) mass is 304 g/mol. The van der Waals surface area contributed by atoms with Gasteiger partial charge in [-0.2, -0.15) is 0 Å². The van der Waals surface area contributed by atoms with Gasteiger partial charge in [0.2, 0.25) is 5.88 Å². The van der Waals surface area contributed by atoms with E-state index < -0.39 is 17.3 Å². The van der Waals surface area contributed by atoms with E-state index in [0.29, 0.717) is 5.88 Å². The minimum absolute atomic E-state index is 0.184. The first kappa shape index (κ1) is 13.4. The summed E-state index contributed by atoms with van der Waals surface area (Å²) in [7, 11) is 0. The summed E-state index contributed by atoms with van der Waals surface area (Å²) in [5, 5.41) is 10.7. The number of hydrogen-bond donors (Lipinski definition) is 1. The SMILES string of the molecule is Cc1csc2c(Oc3ccc(C(=O)O)c(F)c3)ncnc12. The molecular weight excluding hydrogens is 295 g/mol. The van der Waals surface area contributed by atoms with Crippen LogP contribution in [0.25, 0.3) is 10.2 Å². The Balaban J connectivity index is 1.99. The molecule has 0 aliphatic rings. The third kappa shape index (κ3) is 2.43. The molecule has 7 heteroatoms. The van der Waals surface area contributed by atoms with Gasteiger partial charge in [0, 0.05) is 6.07 Å². The van der Waals surface area contributed by atoms with Gasteiger partial charge in [-0.05, 0) is 30.0 Å². The van der Waals surface area contributed by atoms with Gasteiger partial charge in [0.1, 0.15) is 22.6 Å². The minimum atomic E-state index is -1.32. The Labute approximate surface area is 122 Å². The highest BCUT2D eigenvalue weighted by molar-refractivity contribution is 7.17. The Morgan fingerprint density at radius 2 is 2.19 bits per heavy atom. The topological polar surface area (TPSA) is 72.3 Å². The van der Waals surface area contributed by atoms with Crippen LogP contribution in [0.5, 0.6) is 11.6 Å². The van der Waals surface area contributed by atoms with E-state index >= 15 is 0 Å². The summed E-state index contributed by atoms with van der Waals surface area (Å²) in [5.41, 5.74) is 1.39. The fourth-order valence-electron chi connectivity index (χ4n) is 1.86. The van der Waals surface area contributed by atoms with Gasteiger partial charge in [0.15, 0.2) is 0 Å². The number of nitrogens with zero attached hydrogens (tertiary/aromatic N) is 2. The lowest BCUT2D eigenvalue weighted by Gasteiger charge is -2.06. The van der Waals surface area contributed by atoms with Gasteiger partial charge in [0.05, 0.1) is 11.1 Å². The molecule has 0 saturated carbocycles. The Bertz CT molecular complexity index is 847. The lowest BCUT2D eigenvalue weighted by atomic mass is 10.2. The van der Waals surface area contributed by atoms with Crippen molar-refractivity contribution in [1.29, 1.82) is 0 Å². The van der Waals surface area contributed by atoms with Crippen molar-refractivity contribution in [3.05, 3.63) is 46.9 Å². The Morgan fingerprint density at radius 1 is 1.38 bits per heavy atom. The van der Waals surface area contributed by atoms with Crippen LogP contribution >= 0.6 is 11.3 Å². The molecule has 0 bridgehead atoms. The summed E-state index contributed by atoms with van der Waals surface area (Å²) in [6.45, 7) is 1.93. The second-order valence-corrected chi connectivity index (χ2v) is 5.20. The largest absolute Gasteiger partial charge is 0.478 e. The van der Waals surface area contributed by atoms with Crippen LogP contribution in [0.1, 0.15) is 15.9 Å². The second-order valence-electron chi connectivity index (χ2n) is 4.32. The van der Waals surface area contributed by atoms with E-state index in [1.807, 2.05) is 12.3 Å². The molecular formula is C14H9FN2O3S. The summed E-state index contributed by atoms with van der Waals surface area (Å²) in [6.07, 6.45) is 1.37. The maximum absolute atomic E-state index is 13.6. The number of aromatic nitrogens is 2. The fraction of sp³-hybridized carbons (Fsp3) is 0.0714. The first-order valence-corrected chi connectivity index (χ1v) is 6.83. The maximum atomic E-state index is 13.6. The Hall–Kier alpha value is -2.54. The third-order valence-electron chi connectivity index (χ3n) is 2.88. The molecule has 3 aromatic rings. The van der Waals surface area contributed by atoms with Crippen LogP contribution in [-0.2, 0) is 0 Å². The number of carboxylic acid groups (broad SMARTS) is 1. The molecule has 2 aromatic heterocycles. The molecule has 0 spiro atoms. The number of thiophene rings is 1. The number of fused-ring (bicyclic) bond motifs is 1. The molecule has 5 nitrogen and oxygen atoms in total. The lowest BCUT2D eigenvalue weighted by molar-refractivity contribution is 0.0692. The smallest absolute Gasteiger partial charge is 0.338 e. The van der Waals surface area contributed by atoms with Crippen molar-refractivity contribution >= 4 is 27.5 Å². The number of ether oxygens (including phenoxy) is 1. The van der Waals surface area contributed by atoms with Gasteiger partial charge in [-0.15, -0.1) is 11.3 Å². The average Bonchev–Trinajstić information content (AvgIpc) is 2.81. The van der Waals surface area contributed by atoms with E-state index in [1.165, 1.54) is 23.7 Å². The molecule has 0 radical (unpaired) electrons. The van der Waals surface area contributed by atoms with Crippen molar-refractivity contribution < 1.29 is 19.0 Å². The standard InChI is InChI=1S/C14H9FN2O3S/c1-7-5-21-12-11(7)16-6-17-13(12)20-8-2-3-9(14(18)19)10(15)4-8/h2-6H,1H3,(H,18,19). The van der Waals surface area contributed by atoms with Crippen molar-refractivity contribution in [3.63, 3.8) is 0 Å². The highest BCUT2D eigenvalue weighted by Crippen LogP contribution is 2.33. The van der Waals surface area contributed by atoms with Gasteiger partial charge in [-0.1, -0.05) is 0 Å². The molecule has 1 aromatic carbocycles. The van der Waals surface area contributed by atoms with Crippen LogP contribution in [0, 0.1) is 12.7 Å². The van der Waals surface area contributed by atoms with Gasteiger partial charge in [0.25, 0.3) is 0 Å². The van der Waals surface area contributed by atoms with Gasteiger partial charge < -0.3 is 9.84 Å². The number of hydrogen-bond acceptors (Lipinski definition) is 5. The van der Waals surface area contributed by atoms with Crippen LogP contribution < -0.4 is 4.74 Å². The molecule has 0 fully saturated rings. The van der Waals surface area contributed by atoms with Crippen LogP contribution in [0.4, 0.5) is 4.39 Å². The molecule has 106 valence electrons. The van der Waals surface area contributed by atoms with E-state index in [1.54, 1.807) is 0 Å². The van der Waals surface area contributed by atoms with Gasteiger partial charge >= 0.3 is 5.97 Å². The molecule has 0 unspecified atom stereocenters. The van der Waals surface area contributed by atoms with E-state index in [4.69, 9.17) is 9.84 Å². The predicted molar refractivity (Wildman–Crippen MR) is 75.6 cm³/mol. The molecule has 0 aliphatic heterocycles. The highest BCUT2D eigenvalue weighted by atomic mass is 32.1. The summed E-state index contributed by atoms with van der Waals surface area (Å²) >= 11 is 1.43.